The molecule has 0 heterocycles. The van der Waals surface area contributed by atoms with Gasteiger partial charge in [0.05, 0.1) is 12.5 Å². The SMILES string of the molecule is CC(=O)NCCCCCC(=O)NC(CC(=O)O)c1ccccc1C. The van der Waals surface area contributed by atoms with Crippen molar-refractivity contribution in [3.8, 4) is 0 Å². The summed E-state index contributed by atoms with van der Waals surface area (Å²) in [5.74, 6) is -1.15. The molecule has 1 unspecified atom stereocenters. The number of carbonyl (C=O) groups excluding carboxylic acids is 2. The van der Waals surface area contributed by atoms with Gasteiger partial charge in [0.2, 0.25) is 11.8 Å². The first-order valence-corrected chi connectivity index (χ1v) is 8.21. The highest BCUT2D eigenvalue weighted by Gasteiger charge is 2.19. The molecule has 132 valence electrons. The number of carboxylic acids is 1. The van der Waals surface area contributed by atoms with Crippen LogP contribution < -0.4 is 10.6 Å². The van der Waals surface area contributed by atoms with E-state index in [0.717, 1.165) is 24.0 Å². The highest BCUT2D eigenvalue weighted by molar-refractivity contribution is 5.77. The van der Waals surface area contributed by atoms with Crippen molar-refractivity contribution >= 4 is 17.8 Å². The van der Waals surface area contributed by atoms with Gasteiger partial charge < -0.3 is 15.7 Å². The average molecular weight is 334 g/mol. The Morgan fingerprint density at radius 1 is 1.12 bits per heavy atom. The van der Waals surface area contributed by atoms with Gasteiger partial charge in [0, 0.05) is 19.9 Å². The molecular weight excluding hydrogens is 308 g/mol. The second-order valence-electron chi connectivity index (χ2n) is 5.87. The fraction of sp³-hybridized carbons (Fsp3) is 0.500. The summed E-state index contributed by atoms with van der Waals surface area (Å²) in [4.78, 5) is 33.9. The number of aryl methyl sites for hydroxylation is 1. The van der Waals surface area contributed by atoms with Crippen molar-refractivity contribution < 1.29 is 19.5 Å². The molecule has 2 amide bonds. The van der Waals surface area contributed by atoms with Crippen LogP contribution in [0.1, 0.15) is 56.2 Å². The van der Waals surface area contributed by atoms with Crippen LogP contribution in [0.4, 0.5) is 0 Å². The van der Waals surface area contributed by atoms with Gasteiger partial charge in [-0.05, 0) is 30.9 Å². The molecule has 3 N–H and O–H groups in total. The first kappa shape index (κ1) is 19.7. The molecule has 0 bridgehead atoms. The number of nitrogens with one attached hydrogen (secondary N) is 2. The van der Waals surface area contributed by atoms with E-state index in [1.165, 1.54) is 6.92 Å². The lowest BCUT2D eigenvalue weighted by molar-refractivity contribution is -0.137. The third kappa shape index (κ3) is 7.76. The predicted molar refractivity (Wildman–Crippen MR) is 91.5 cm³/mol. The Labute approximate surface area is 142 Å². The van der Waals surface area contributed by atoms with E-state index >= 15 is 0 Å². The van der Waals surface area contributed by atoms with Gasteiger partial charge in [0.1, 0.15) is 0 Å². The second kappa shape index (κ2) is 10.4. The zero-order chi connectivity index (χ0) is 17.9. The molecule has 0 saturated carbocycles. The van der Waals surface area contributed by atoms with Crippen molar-refractivity contribution in [2.45, 2.75) is 52.0 Å². The summed E-state index contributed by atoms with van der Waals surface area (Å²) in [5.41, 5.74) is 1.79. The summed E-state index contributed by atoms with van der Waals surface area (Å²) < 4.78 is 0. The smallest absolute Gasteiger partial charge is 0.305 e. The largest absolute Gasteiger partial charge is 0.481 e. The van der Waals surface area contributed by atoms with Gasteiger partial charge in [0.25, 0.3) is 0 Å². The van der Waals surface area contributed by atoms with Gasteiger partial charge in [-0.2, -0.15) is 0 Å². The van der Waals surface area contributed by atoms with E-state index in [-0.39, 0.29) is 18.2 Å². The summed E-state index contributed by atoms with van der Waals surface area (Å²) in [5, 5.41) is 14.6. The number of benzene rings is 1. The van der Waals surface area contributed by atoms with Crippen LogP contribution in [-0.2, 0) is 14.4 Å². The van der Waals surface area contributed by atoms with Crippen molar-refractivity contribution in [3.63, 3.8) is 0 Å². The van der Waals surface area contributed by atoms with Crippen LogP contribution in [-0.4, -0.2) is 29.4 Å². The number of aliphatic carboxylic acids is 1. The lowest BCUT2D eigenvalue weighted by Crippen LogP contribution is -2.30. The molecule has 0 aliphatic heterocycles. The van der Waals surface area contributed by atoms with Crippen molar-refractivity contribution in [2.24, 2.45) is 0 Å². The van der Waals surface area contributed by atoms with Gasteiger partial charge in [-0.1, -0.05) is 30.7 Å². The molecule has 0 aliphatic carbocycles. The Hall–Kier alpha value is -2.37. The monoisotopic (exact) mass is 334 g/mol. The fourth-order valence-electron chi connectivity index (χ4n) is 2.51. The van der Waals surface area contributed by atoms with Gasteiger partial charge in [-0.25, -0.2) is 0 Å². The van der Waals surface area contributed by atoms with Crippen molar-refractivity contribution in [2.75, 3.05) is 6.54 Å². The van der Waals surface area contributed by atoms with Crippen LogP contribution in [0, 0.1) is 6.92 Å². The topological polar surface area (TPSA) is 95.5 Å². The second-order valence-corrected chi connectivity index (χ2v) is 5.87. The molecule has 24 heavy (non-hydrogen) atoms. The van der Waals surface area contributed by atoms with E-state index in [0.29, 0.717) is 19.4 Å². The molecule has 0 spiro atoms. The Kier molecular flexibility index (Phi) is 8.54. The van der Waals surface area contributed by atoms with Crippen LogP contribution in [0.15, 0.2) is 24.3 Å². The molecule has 0 radical (unpaired) electrons. The lowest BCUT2D eigenvalue weighted by atomic mass is 9.98. The standard InChI is InChI=1S/C18H26N2O4/c1-13-8-5-6-9-15(13)16(12-18(23)24)20-17(22)10-4-3-7-11-19-14(2)21/h5-6,8-9,16H,3-4,7,10-12H2,1-2H3,(H,19,21)(H,20,22)(H,23,24). The van der Waals surface area contributed by atoms with Gasteiger partial charge in [-0.3, -0.25) is 14.4 Å². The number of unbranched alkanes of at least 4 members (excludes halogenated alkanes) is 2. The average Bonchev–Trinajstić information content (AvgIpc) is 2.50. The minimum absolute atomic E-state index is 0.0533. The Morgan fingerprint density at radius 2 is 1.83 bits per heavy atom. The summed E-state index contributed by atoms with van der Waals surface area (Å²) in [6.07, 6.45) is 2.57. The van der Waals surface area contributed by atoms with E-state index in [4.69, 9.17) is 5.11 Å². The lowest BCUT2D eigenvalue weighted by Gasteiger charge is -2.19. The third-order valence-electron chi connectivity index (χ3n) is 3.73. The molecule has 0 saturated heterocycles. The minimum atomic E-state index is -0.945. The number of rotatable bonds is 10. The van der Waals surface area contributed by atoms with E-state index < -0.39 is 12.0 Å². The quantitative estimate of drug-likeness (QED) is 0.572. The van der Waals surface area contributed by atoms with Crippen LogP contribution >= 0.6 is 0 Å². The number of carbonyl (C=O) groups is 3. The maximum atomic E-state index is 12.1. The normalized spacial score (nSPS) is 11.6. The molecule has 0 aromatic heterocycles. The van der Waals surface area contributed by atoms with Crippen LogP contribution in [0.5, 0.6) is 0 Å². The fourth-order valence-corrected chi connectivity index (χ4v) is 2.51. The van der Waals surface area contributed by atoms with Crippen LogP contribution in [0.25, 0.3) is 0 Å². The van der Waals surface area contributed by atoms with E-state index in [1.807, 2.05) is 31.2 Å². The molecule has 0 aliphatic rings. The van der Waals surface area contributed by atoms with E-state index in [2.05, 4.69) is 10.6 Å². The summed E-state index contributed by atoms with van der Waals surface area (Å²) in [6, 6.07) is 6.95. The highest BCUT2D eigenvalue weighted by Crippen LogP contribution is 2.21. The molecule has 6 heteroatoms. The molecule has 1 aromatic carbocycles. The van der Waals surface area contributed by atoms with E-state index in [9.17, 15) is 14.4 Å². The number of amides is 2. The summed E-state index contributed by atoms with van der Waals surface area (Å²) in [6.45, 7) is 3.99. The predicted octanol–water partition coefficient (Wildman–Crippen LogP) is 2.32. The third-order valence-corrected chi connectivity index (χ3v) is 3.73. The summed E-state index contributed by atoms with van der Waals surface area (Å²) in [7, 11) is 0. The molecule has 1 rings (SSSR count). The number of hydrogen-bond donors (Lipinski definition) is 3. The van der Waals surface area contributed by atoms with Crippen molar-refractivity contribution in [1.82, 2.24) is 10.6 Å². The maximum absolute atomic E-state index is 12.1. The summed E-state index contributed by atoms with van der Waals surface area (Å²) >= 11 is 0. The van der Waals surface area contributed by atoms with Gasteiger partial charge in [0.15, 0.2) is 0 Å². The zero-order valence-electron chi connectivity index (χ0n) is 14.3. The maximum Gasteiger partial charge on any atom is 0.305 e. The minimum Gasteiger partial charge on any atom is -0.481 e. The Bertz CT molecular complexity index is 572. The highest BCUT2D eigenvalue weighted by atomic mass is 16.4. The molecule has 0 fully saturated rings. The number of hydrogen-bond acceptors (Lipinski definition) is 3. The first-order chi connectivity index (χ1) is 11.4. The Balaban J connectivity index is 2.46. The van der Waals surface area contributed by atoms with Gasteiger partial charge in [-0.15, -0.1) is 0 Å². The van der Waals surface area contributed by atoms with Gasteiger partial charge >= 0.3 is 5.97 Å². The molecule has 1 aromatic rings. The van der Waals surface area contributed by atoms with E-state index in [1.54, 1.807) is 0 Å². The van der Waals surface area contributed by atoms with Crippen molar-refractivity contribution in [3.05, 3.63) is 35.4 Å². The zero-order valence-corrected chi connectivity index (χ0v) is 14.3. The molecule has 6 nitrogen and oxygen atoms in total. The number of carboxylic acid groups (broad SMARTS) is 1. The molecular formula is C18H26N2O4. The Morgan fingerprint density at radius 3 is 2.46 bits per heavy atom. The van der Waals surface area contributed by atoms with Crippen molar-refractivity contribution in [1.29, 1.82) is 0 Å². The van der Waals surface area contributed by atoms with Crippen LogP contribution in [0.3, 0.4) is 0 Å². The van der Waals surface area contributed by atoms with Crippen LogP contribution in [0.2, 0.25) is 0 Å². The molecule has 1 atom stereocenters. The first-order valence-electron chi connectivity index (χ1n) is 8.21.